The molecule has 0 N–H and O–H groups in total. The molecule has 1 aromatic heterocycles. The zero-order valence-electron chi connectivity index (χ0n) is 8.82. The van der Waals surface area contributed by atoms with Gasteiger partial charge in [0.05, 0.1) is 17.5 Å². The second-order valence-electron chi connectivity index (χ2n) is 3.67. The van der Waals surface area contributed by atoms with E-state index in [1.54, 1.807) is 14.1 Å². The van der Waals surface area contributed by atoms with Gasteiger partial charge in [0.15, 0.2) is 5.78 Å². The summed E-state index contributed by atoms with van der Waals surface area (Å²) in [4.78, 5) is 28.7. The zero-order chi connectivity index (χ0) is 11.9. The third-order valence-corrected chi connectivity index (χ3v) is 2.32. The van der Waals surface area contributed by atoms with E-state index in [1.807, 2.05) is 0 Å². The normalized spacial score (nSPS) is 14.6. The average Bonchev–Trinajstić information content (AvgIpc) is 2.22. The average molecular weight is 220 g/mol. The van der Waals surface area contributed by atoms with Gasteiger partial charge < -0.3 is 4.90 Å². The Kier molecular flexibility index (Phi) is 2.30. The number of carbonyl (C=O) groups excluding carboxylic acids is 2. The van der Waals surface area contributed by atoms with Crippen LogP contribution in [0, 0.1) is 5.82 Å². The molecule has 1 aromatic rings. The predicted octanol–water partition coefficient (Wildman–Crippen LogP) is 1.05. The summed E-state index contributed by atoms with van der Waals surface area (Å²) in [6.07, 6.45) is 2.13. The number of rotatable bonds is 1. The van der Waals surface area contributed by atoms with Gasteiger partial charge in [-0.05, 0) is 6.07 Å². The lowest BCUT2D eigenvalue weighted by molar-refractivity contribution is 0.0957. The third-order valence-electron chi connectivity index (χ3n) is 2.32. The van der Waals surface area contributed by atoms with Gasteiger partial charge in [0.1, 0.15) is 11.5 Å². The second-order valence-corrected chi connectivity index (χ2v) is 3.67. The highest BCUT2D eigenvalue weighted by molar-refractivity contribution is 6.23. The minimum absolute atomic E-state index is 0.0117. The fourth-order valence-corrected chi connectivity index (χ4v) is 1.53. The lowest BCUT2D eigenvalue weighted by atomic mass is 9.97. The van der Waals surface area contributed by atoms with Crippen molar-refractivity contribution in [3.63, 3.8) is 0 Å². The van der Waals surface area contributed by atoms with Crippen LogP contribution in [-0.4, -0.2) is 35.5 Å². The maximum Gasteiger partial charge on any atom is 0.228 e. The highest BCUT2D eigenvalue weighted by Crippen LogP contribution is 2.20. The van der Waals surface area contributed by atoms with Crippen LogP contribution in [0.1, 0.15) is 20.8 Å². The van der Waals surface area contributed by atoms with Crippen LogP contribution in [0.15, 0.2) is 24.0 Å². The summed E-state index contributed by atoms with van der Waals surface area (Å²) in [6.45, 7) is 0. The van der Waals surface area contributed by atoms with Crippen LogP contribution in [-0.2, 0) is 0 Å². The number of fused-ring (bicyclic) bond motifs is 1. The highest BCUT2D eigenvalue weighted by atomic mass is 19.1. The van der Waals surface area contributed by atoms with Crippen molar-refractivity contribution >= 4 is 11.6 Å². The molecule has 0 radical (unpaired) electrons. The molecule has 0 aromatic carbocycles. The molecule has 1 heterocycles. The van der Waals surface area contributed by atoms with Crippen LogP contribution in [0.4, 0.5) is 4.39 Å². The van der Waals surface area contributed by atoms with E-state index in [9.17, 15) is 14.0 Å². The summed E-state index contributed by atoms with van der Waals surface area (Å²) in [5, 5.41) is 0. The molecule has 0 fully saturated rings. The van der Waals surface area contributed by atoms with E-state index in [0.717, 1.165) is 12.3 Å². The Morgan fingerprint density at radius 2 is 2.00 bits per heavy atom. The summed E-state index contributed by atoms with van der Waals surface area (Å²) < 4.78 is 12.9. The summed E-state index contributed by atoms with van der Waals surface area (Å²) in [5.41, 5.74) is 0.296. The molecule has 1 aliphatic rings. The number of hydrogen-bond acceptors (Lipinski definition) is 4. The number of halogens is 1. The van der Waals surface area contributed by atoms with Crippen LogP contribution in [0.5, 0.6) is 0 Å². The molecule has 0 saturated heterocycles. The van der Waals surface area contributed by atoms with Gasteiger partial charge in [-0.3, -0.25) is 9.59 Å². The molecule has 0 aliphatic heterocycles. The Balaban J connectivity index is 2.60. The van der Waals surface area contributed by atoms with E-state index in [0.29, 0.717) is 0 Å². The summed E-state index contributed by atoms with van der Waals surface area (Å²) in [6, 6.07) is 1.03. The maximum atomic E-state index is 12.9. The van der Waals surface area contributed by atoms with Gasteiger partial charge in [0.2, 0.25) is 5.78 Å². The molecule has 0 bridgehead atoms. The fourth-order valence-electron chi connectivity index (χ4n) is 1.53. The van der Waals surface area contributed by atoms with Crippen molar-refractivity contribution in [2.75, 3.05) is 14.1 Å². The summed E-state index contributed by atoms with van der Waals surface area (Å²) in [5.74, 6) is -1.38. The Hall–Kier alpha value is -2.04. The Morgan fingerprint density at radius 1 is 1.31 bits per heavy atom. The number of pyridine rings is 1. The van der Waals surface area contributed by atoms with Crippen LogP contribution in [0.25, 0.3) is 0 Å². The summed E-state index contributed by atoms with van der Waals surface area (Å²) >= 11 is 0. The molecule has 1 aliphatic carbocycles. The van der Waals surface area contributed by atoms with Gasteiger partial charge in [-0.1, -0.05) is 0 Å². The quantitative estimate of drug-likeness (QED) is 0.709. The van der Waals surface area contributed by atoms with Gasteiger partial charge in [0, 0.05) is 20.2 Å². The largest absolute Gasteiger partial charge is 0.374 e. The van der Waals surface area contributed by atoms with Crippen molar-refractivity contribution in [2.24, 2.45) is 0 Å². The highest BCUT2D eigenvalue weighted by Gasteiger charge is 2.28. The standard InChI is InChI=1S/C11H9FN2O2/c1-14(2)8-4-9(15)7-3-6(12)5-13-10(7)11(8)16/h3-5H,1-2H3. The smallest absolute Gasteiger partial charge is 0.228 e. The fraction of sp³-hybridized carbons (Fsp3) is 0.182. The zero-order valence-corrected chi connectivity index (χ0v) is 8.82. The molecule has 0 atom stereocenters. The topological polar surface area (TPSA) is 50.3 Å². The van der Waals surface area contributed by atoms with Crippen LogP contribution < -0.4 is 0 Å². The Labute approximate surface area is 91.4 Å². The number of ketones is 2. The first-order chi connectivity index (χ1) is 7.50. The van der Waals surface area contributed by atoms with E-state index in [2.05, 4.69) is 4.98 Å². The first-order valence-corrected chi connectivity index (χ1v) is 4.64. The molecular weight excluding hydrogens is 211 g/mol. The molecule has 0 unspecified atom stereocenters. The monoisotopic (exact) mass is 220 g/mol. The minimum Gasteiger partial charge on any atom is -0.374 e. The van der Waals surface area contributed by atoms with Crippen molar-refractivity contribution in [1.29, 1.82) is 0 Å². The number of carbonyl (C=O) groups is 2. The van der Waals surface area contributed by atoms with E-state index in [1.165, 1.54) is 11.0 Å². The number of aromatic nitrogens is 1. The van der Waals surface area contributed by atoms with Crippen LogP contribution in [0.3, 0.4) is 0 Å². The molecule has 0 saturated carbocycles. The molecule has 16 heavy (non-hydrogen) atoms. The lowest BCUT2D eigenvalue weighted by Gasteiger charge is -2.19. The second kappa shape index (κ2) is 3.52. The molecule has 2 rings (SSSR count). The van der Waals surface area contributed by atoms with Crippen molar-refractivity contribution in [1.82, 2.24) is 9.88 Å². The first kappa shape index (κ1) is 10.5. The van der Waals surface area contributed by atoms with Crippen molar-refractivity contribution in [3.8, 4) is 0 Å². The van der Waals surface area contributed by atoms with Crippen molar-refractivity contribution in [2.45, 2.75) is 0 Å². The molecule has 0 spiro atoms. The predicted molar refractivity (Wildman–Crippen MR) is 54.6 cm³/mol. The molecule has 0 amide bonds. The summed E-state index contributed by atoms with van der Waals surface area (Å²) in [7, 11) is 3.32. The van der Waals surface area contributed by atoms with Crippen molar-refractivity contribution in [3.05, 3.63) is 41.1 Å². The minimum atomic E-state index is -0.624. The van der Waals surface area contributed by atoms with E-state index >= 15 is 0 Å². The van der Waals surface area contributed by atoms with E-state index in [-0.39, 0.29) is 22.7 Å². The Morgan fingerprint density at radius 3 is 2.62 bits per heavy atom. The van der Waals surface area contributed by atoms with Gasteiger partial charge in [0.25, 0.3) is 0 Å². The Bertz CT molecular complexity index is 521. The van der Waals surface area contributed by atoms with Gasteiger partial charge in [-0.25, -0.2) is 9.37 Å². The third kappa shape index (κ3) is 1.50. The van der Waals surface area contributed by atoms with Crippen LogP contribution in [0.2, 0.25) is 0 Å². The number of Topliss-reactive ketones (excluding diaryl/α,β-unsaturated/α-hetero) is 1. The van der Waals surface area contributed by atoms with Gasteiger partial charge in [-0.15, -0.1) is 0 Å². The molecular formula is C11H9FN2O2. The number of likely N-dealkylation sites (N-methyl/N-ethyl adjacent to an activating group) is 1. The van der Waals surface area contributed by atoms with Gasteiger partial charge in [-0.2, -0.15) is 0 Å². The SMILES string of the molecule is CN(C)C1=CC(=O)c2cc(F)cnc2C1=O. The number of hydrogen-bond donors (Lipinski definition) is 0. The maximum absolute atomic E-state index is 12.9. The first-order valence-electron chi connectivity index (χ1n) is 4.64. The van der Waals surface area contributed by atoms with E-state index in [4.69, 9.17) is 0 Å². The van der Waals surface area contributed by atoms with Crippen molar-refractivity contribution < 1.29 is 14.0 Å². The molecule has 5 heteroatoms. The molecule has 4 nitrogen and oxygen atoms in total. The van der Waals surface area contributed by atoms with E-state index < -0.39 is 11.6 Å². The number of nitrogens with zero attached hydrogens (tertiary/aromatic N) is 2. The lowest BCUT2D eigenvalue weighted by Crippen LogP contribution is -2.27. The number of allylic oxidation sites excluding steroid dienone is 2. The molecule has 82 valence electrons. The van der Waals surface area contributed by atoms with Gasteiger partial charge >= 0.3 is 0 Å². The van der Waals surface area contributed by atoms with Crippen LogP contribution >= 0.6 is 0 Å².